The number of ether oxygens (including phenoxy) is 1. The molecule has 17 heavy (non-hydrogen) atoms. The molecule has 98 valence electrons. The van der Waals surface area contributed by atoms with Gasteiger partial charge in [0.15, 0.2) is 0 Å². The highest BCUT2D eigenvalue weighted by Gasteiger charge is 2.26. The van der Waals surface area contributed by atoms with Crippen LogP contribution in [0.5, 0.6) is 0 Å². The summed E-state index contributed by atoms with van der Waals surface area (Å²) in [6.45, 7) is 3.18. The van der Waals surface area contributed by atoms with E-state index >= 15 is 0 Å². The molecule has 0 saturated carbocycles. The second-order valence-corrected chi connectivity index (χ2v) is 3.86. The largest absolute Gasteiger partial charge is 0.372 e. The van der Waals surface area contributed by atoms with Gasteiger partial charge < -0.3 is 15.8 Å². The molecular weight excluding hydrogens is 261 g/mol. The van der Waals surface area contributed by atoms with E-state index < -0.39 is 0 Å². The van der Waals surface area contributed by atoms with Gasteiger partial charge in [0.25, 0.3) is 0 Å². The van der Waals surface area contributed by atoms with Crippen LogP contribution in [0.4, 0.5) is 0 Å². The van der Waals surface area contributed by atoms with Gasteiger partial charge in [0.2, 0.25) is 0 Å². The maximum Gasteiger partial charge on any atom is 0.0756 e. The van der Waals surface area contributed by atoms with E-state index in [1.807, 2.05) is 18.3 Å². The second kappa shape index (κ2) is 8.66. The molecule has 1 aromatic rings. The zero-order valence-electron chi connectivity index (χ0n) is 9.54. The number of halogens is 2. The van der Waals surface area contributed by atoms with Crippen LogP contribution in [0.15, 0.2) is 24.5 Å². The van der Waals surface area contributed by atoms with Crippen LogP contribution < -0.4 is 11.1 Å². The number of nitrogens with one attached hydrogen (secondary N) is 1. The lowest BCUT2D eigenvalue weighted by atomic mass is 10.1. The van der Waals surface area contributed by atoms with Crippen molar-refractivity contribution in [1.82, 2.24) is 10.3 Å². The Morgan fingerprint density at radius 2 is 2.24 bits per heavy atom. The number of hydrogen-bond acceptors (Lipinski definition) is 4. The number of rotatable bonds is 4. The van der Waals surface area contributed by atoms with E-state index in [1.54, 1.807) is 6.20 Å². The number of hydrogen-bond donors (Lipinski definition) is 2. The highest BCUT2D eigenvalue weighted by Crippen LogP contribution is 2.13. The quantitative estimate of drug-likeness (QED) is 0.863. The Hall–Kier alpha value is -0.390. The SMILES string of the molecule is Cl.Cl.NCC1CNCC1OCc1cccnc1. The topological polar surface area (TPSA) is 60.2 Å². The first-order valence-electron chi connectivity index (χ1n) is 5.31. The molecule has 1 aliphatic heterocycles. The highest BCUT2D eigenvalue weighted by atomic mass is 35.5. The third-order valence-corrected chi connectivity index (χ3v) is 2.77. The minimum Gasteiger partial charge on any atom is -0.372 e. The maximum absolute atomic E-state index is 5.81. The van der Waals surface area contributed by atoms with Crippen molar-refractivity contribution >= 4 is 24.8 Å². The molecule has 2 unspecified atom stereocenters. The van der Waals surface area contributed by atoms with Crippen LogP contribution in [0.1, 0.15) is 5.56 Å². The van der Waals surface area contributed by atoms with Gasteiger partial charge in [-0.2, -0.15) is 0 Å². The maximum atomic E-state index is 5.81. The molecule has 0 amide bonds. The van der Waals surface area contributed by atoms with Gasteiger partial charge in [-0.1, -0.05) is 6.07 Å². The molecule has 1 aromatic heterocycles. The summed E-state index contributed by atoms with van der Waals surface area (Å²) in [5, 5.41) is 3.29. The van der Waals surface area contributed by atoms with Crippen molar-refractivity contribution in [2.24, 2.45) is 11.7 Å². The van der Waals surface area contributed by atoms with Crippen LogP contribution >= 0.6 is 24.8 Å². The van der Waals surface area contributed by atoms with Gasteiger partial charge in [0.05, 0.1) is 12.7 Å². The van der Waals surface area contributed by atoms with Crippen molar-refractivity contribution in [2.75, 3.05) is 19.6 Å². The molecule has 2 heterocycles. The van der Waals surface area contributed by atoms with Crippen LogP contribution in [0, 0.1) is 5.92 Å². The van der Waals surface area contributed by atoms with E-state index in [1.165, 1.54) is 0 Å². The normalized spacial score (nSPS) is 22.6. The molecule has 1 aliphatic rings. The van der Waals surface area contributed by atoms with Crippen LogP contribution in [-0.2, 0) is 11.3 Å². The van der Waals surface area contributed by atoms with Gasteiger partial charge in [-0.25, -0.2) is 0 Å². The summed E-state index contributed by atoms with van der Waals surface area (Å²) in [6, 6.07) is 3.94. The molecule has 2 atom stereocenters. The number of pyridine rings is 1. The van der Waals surface area contributed by atoms with Gasteiger partial charge in [0, 0.05) is 31.4 Å². The summed E-state index contributed by atoms with van der Waals surface area (Å²) in [4.78, 5) is 4.05. The fourth-order valence-corrected chi connectivity index (χ4v) is 1.83. The van der Waals surface area contributed by atoms with E-state index in [4.69, 9.17) is 10.5 Å². The molecule has 1 fully saturated rings. The average molecular weight is 280 g/mol. The lowest BCUT2D eigenvalue weighted by Crippen LogP contribution is -2.28. The second-order valence-electron chi connectivity index (χ2n) is 3.86. The predicted molar refractivity (Wildman–Crippen MR) is 72.7 cm³/mol. The van der Waals surface area contributed by atoms with Crippen LogP contribution in [0.25, 0.3) is 0 Å². The number of nitrogens with two attached hydrogens (primary N) is 1. The molecule has 2 rings (SSSR count). The summed E-state index contributed by atoms with van der Waals surface area (Å²) in [5.41, 5.74) is 6.77. The predicted octanol–water partition coefficient (Wildman–Crippen LogP) is 0.988. The molecule has 3 N–H and O–H groups in total. The van der Waals surface area contributed by atoms with Crippen molar-refractivity contribution in [1.29, 1.82) is 0 Å². The van der Waals surface area contributed by atoms with Gasteiger partial charge in [0.1, 0.15) is 0 Å². The van der Waals surface area contributed by atoms with Crippen LogP contribution in [-0.4, -0.2) is 30.7 Å². The molecular formula is C11H19Cl2N3O. The highest BCUT2D eigenvalue weighted by molar-refractivity contribution is 5.85. The van der Waals surface area contributed by atoms with Gasteiger partial charge in [-0.3, -0.25) is 4.98 Å². The first-order chi connectivity index (χ1) is 7.40. The summed E-state index contributed by atoms with van der Waals surface area (Å²) >= 11 is 0. The standard InChI is InChI=1S/C11H17N3O.2ClH/c12-4-10-6-14-7-11(10)15-8-9-2-1-3-13-5-9;;/h1-3,5,10-11,14H,4,6-8,12H2;2*1H. The lowest BCUT2D eigenvalue weighted by molar-refractivity contribution is 0.0279. The minimum absolute atomic E-state index is 0. The number of aromatic nitrogens is 1. The lowest BCUT2D eigenvalue weighted by Gasteiger charge is -2.17. The molecule has 0 bridgehead atoms. The van der Waals surface area contributed by atoms with E-state index in [2.05, 4.69) is 10.3 Å². The fourth-order valence-electron chi connectivity index (χ4n) is 1.83. The fraction of sp³-hybridized carbons (Fsp3) is 0.545. The zero-order valence-corrected chi connectivity index (χ0v) is 11.2. The summed E-state index contributed by atoms with van der Waals surface area (Å²) in [6.07, 6.45) is 3.85. The molecule has 0 aliphatic carbocycles. The Morgan fingerprint density at radius 1 is 1.41 bits per heavy atom. The van der Waals surface area contributed by atoms with E-state index in [-0.39, 0.29) is 30.9 Å². The van der Waals surface area contributed by atoms with Crippen molar-refractivity contribution in [2.45, 2.75) is 12.7 Å². The third kappa shape index (κ3) is 4.77. The van der Waals surface area contributed by atoms with E-state index in [0.29, 0.717) is 19.1 Å². The Balaban J connectivity index is 0.00000128. The third-order valence-electron chi connectivity index (χ3n) is 2.77. The molecule has 0 aromatic carbocycles. The first kappa shape index (κ1) is 16.6. The van der Waals surface area contributed by atoms with E-state index in [9.17, 15) is 0 Å². The molecule has 1 saturated heterocycles. The Kier molecular flexibility index (Phi) is 8.47. The minimum atomic E-state index is 0. The smallest absolute Gasteiger partial charge is 0.0756 e. The van der Waals surface area contributed by atoms with Crippen LogP contribution in [0.2, 0.25) is 0 Å². The monoisotopic (exact) mass is 279 g/mol. The molecule has 0 spiro atoms. The average Bonchev–Trinajstić information content (AvgIpc) is 2.75. The zero-order chi connectivity index (χ0) is 10.5. The van der Waals surface area contributed by atoms with Crippen molar-refractivity contribution < 1.29 is 4.74 Å². The Bertz CT molecular complexity index is 300. The number of nitrogens with zero attached hydrogens (tertiary/aromatic N) is 1. The van der Waals surface area contributed by atoms with Crippen molar-refractivity contribution in [3.8, 4) is 0 Å². The summed E-state index contributed by atoms with van der Waals surface area (Å²) in [7, 11) is 0. The summed E-state index contributed by atoms with van der Waals surface area (Å²) in [5.74, 6) is 0.446. The molecule has 0 radical (unpaired) electrons. The van der Waals surface area contributed by atoms with Gasteiger partial charge >= 0.3 is 0 Å². The Labute approximate surface area is 114 Å². The molecule has 4 nitrogen and oxygen atoms in total. The van der Waals surface area contributed by atoms with Crippen molar-refractivity contribution in [3.05, 3.63) is 30.1 Å². The van der Waals surface area contributed by atoms with Crippen molar-refractivity contribution in [3.63, 3.8) is 0 Å². The molecule has 6 heteroatoms. The summed E-state index contributed by atoms with van der Waals surface area (Å²) < 4.78 is 5.81. The van der Waals surface area contributed by atoms with Gasteiger partial charge in [-0.05, 0) is 18.2 Å². The Morgan fingerprint density at radius 3 is 2.88 bits per heavy atom. The van der Waals surface area contributed by atoms with E-state index in [0.717, 1.165) is 18.7 Å². The van der Waals surface area contributed by atoms with Gasteiger partial charge in [-0.15, -0.1) is 24.8 Å². The van der Waals surface area contributed by atoms with Crippen LogP contribution in [0.3, 0.4) is 0 Å². The first-order valence-corrected chi connectivity index (χ1v) is 5.31.